The van der Waals surface area contributed by atoms with Gasteiger partial charge >= 0.3 is 0 Å². The van der Waals surface area contributed by atoms with Crippen LogP contribution in [0.5, 0.6) is 0 Å². The number of aromatic nitrogens is 1. The Bertz CT molecular complexity index is 346. The van der Waals surface area contributed by atoms with Crippen LogP contribution in [0.15, 0.2) is 24.5 Å². The summed E-state index contributed by atoms with van der Waals surface area (Å²) in [6.07, 6.45) is 6.36. The summed E-state index contributed by atoms with van der Waals surface area (Å²) in [6, 6.07) is 4.91. The molecule has 2 heterocycles. The van der Waals surface area contributed by atoms with Gasteiger partial charge in [0, 0.05) is 37.2 Å². The Kier molecular flexibility index (Phi) is 8.39. The number of anilines is 1. The van der Waals surface area contributed by atoms with Gasteiger partial charge in [-0.15, -0.1) is 24.8 Å². The first-order valence-corrected chi connectivity index (χ1v) is 6.53. The third kappa shape index (κ3) is 4.51. The summed E-state index contributed by atoms with van der Waals surface area (Å²) < 4.78 is 0. The molecule has 2 atom stereocenters. The van der Waals surface area contributed by atoms with Crippen LogP contribution in [0.2, 0.25) is 0 Å². The molecule has 1 aliphatic rings. The van der Waals surface area contributed by atoms with Crippen molar-refractivity contribution in [2.45, 2.75) is 25.8 Å². The van der Waals surface area contributed by atoms with Gasteiger partial charge in [0.2, 0.25) is 0 Å². The first-order valence-electron chi connectivity index (χ1n) is 6.53. The van der Waals surface area contributed by atoms with Gasteiger partial charge in [-0.3, -0.25) is 4.98 Å². The SMILES string of the molecule is CCC[C@H]1CN(c2ccncc2)C[C@@H]1N(C)C.Cl.Cl. The molecule has 0 N–H and O–H groups in total. The lowest BCUT2D eigenvalue weighted by Crippen LogP contribution is -2.35. The second-order valence-corrected chi connectivity index (χ2v) is 5.19. The van der Waals surface area contributed by atoms with Gasteiger partial charge in [-0.1, -0.05) is 13.3 Å². The maximum Gasteiger partial charge on any atom is 0.0397 e. The van der Waals surface area contributed by atoms with Gasteiger partial charge < -0.3 is 9.80 Å². The van der Waals surface area contributed by atoms with E-state index in [1.165, 1.54) is 25.1 Å². The molecule has 5 heteroatoms. The highest BCUT2D eigenvalue weighted by Gasteiger charge is 2.33. The molecule has 1 aromatic rings. The van der Waals surface area contributed by atoms with E-state index in [9.17, 15) is 0 Å². The van der Waals surface area contributed by atoms with E-state index >= 15 is 0 Å². The molecule has 1 aromatic heterocycles. The van der Waals surface area contributed by atoms with Crippen molar-refractivity contribution in [1.29, 1.82) is 0 Å². The lowest BCUT2D eigenvalue weighted by Gasteiger charge is -2.24. The van der Waals surface area contributed by atoms with E-state index in [0.29, 0.717) is 6.04 Å². The molecule has 2 rings (SSSR count). The summed E-state index contributed by atoms with van der Waals surface area (Å²) in [7, 11) is 4.40. The molecule has 0 unspecified atom stereocenters. The lowest BCUT2D eigenvalue weighted by atomic mass is 9.98. The van der Waals surface area contributed by atoms with E-state index in [4.69, 9.17) is 0 Å². The molecule has 19 heavy (non-hydrogen) atoms. The minimum atomic E-state index is 0. The number of pyridine rings is 1. The Morgan fingerprint density at radius 3 is 2.37 bits per heavy atom. The standard InChI is InChI=1S/C14H23N3.2ClH/c1-4-5-12-10-17(11-14(12)16(2)3)13-6-8-15-9-7-13;;/h6-9,12,14H,4-5,10-11H2,1-3H3;2*1H/t12-,14-;;/m0../s1. The highest BCUT2D eigenvalue weighted by molar-refractivity contribution is 5.85. The summed E-state index contributed by atoms with van der Waals surface area (Å²) in [4.78, 5) is 8.96. The Labute approximate surface area is 129 Å². The van der Waals surface area contributed by atoms with Gasteiger partial charge in [0.25, 0.3) is 0 Å². The van der Waals surface area contributed by atoms with Crippen molar-refractivity contribution in [2.75, 3.05) is 32.1 Å². The minimum Gasteiger partial charge on any atom is -0.370 e. The van der Waals surface area contributed by atoms with Crippen molar-refractivity contribution in [2.24, 2.45) is 5.92 Å². The molecule has 1 fully saturated rings. The molecule has 0 aromatic carbocycles. The van der Waals surface area contributed by atoms with Crippen LogP contribution in [0.4, 0.5) is 5.69 Å². The van der Waals surface area contributed by atoms with E-state index in [1.807, 2.05) is 12.4 Å². The van der Waals surface area contributed by atoms with Crippen LogP contribution in [0.25, 0.3) is 0 Å². The van der Waals surface area contributed by atoms with E-state index in [1.54, 1.807) is 0 Å². The van der Waals surface area contributed by atoms with Crippen LogP contribution in [0.3, 0.4) is 0 Å². The third-order valence-corrected chi connectivity index (χ3v) is 3.76. The zero-order valence-electron chi connectivity index (χ0n) is 12.0. The fourth-order valence-electron chi connectivity index (χ4n) is 2.86. The number of rotatable bonds is 4. The normalized spacial score (nSPS) is 22.0. The van der Waals surface area contributed by atoms with Crippen LogP contribution in [-0.4, -0.2) is 43.1 Å². The van der Waals surface area contributed by atoms with Crippen LogP contribution in [0.1, 0.15) is 19.8 Å². The quantitative estimate of drug-likeness (QED) is 0.852. The van der Waals surface area contributed by atoms with E-state index < -0.39 is 0 Å². The van der Waals surface area contributed by atoms with E-state index in [2.05, 4.69) is 47.9 Å². The number of halogens is 2. The van der Waals surface area contributed by atoms with Crippen molar-refractivity contribution in [3.63, 3.8) is 0 Å². The first-order chi connectivity index (χ1) is 8.22. The first kappa shape index (κ1) is 18.5. The molecule has 110 valence electrons. The molecule has 0 amide bonds. The number of nitrogens with zero attached hydrogens (tertiary/aromatic N) is 3. The maximum absolute atomic E-state index is 4.09. The average molecular weight is 306 g/mol. The summed E-state index contributed by atoms with van der Waals surface area (Å²) in [6.45, 7) is 4.60. The lowest BCUT2D eigenvalue weighted by molar-refractivity contribution is 0.246. The van der Waals surface area contributed by atoms with Gasteiger partial charge in [-0.2, -0.15) is 0 Å². The van der Waals surface area contributed by atoms with Crippen LogP contribution in [0, 0.1) is 5.92 Å². The van der Waals surface area contributed by atoms with Gasteiger partial charge in [-0.05, 0) is 38.6 Å². The zero-order valence-corrected chi connectivity index (χ0v) is 13.6. The van der Waals surface area contributed by atoms with E-state index in [0.717, 1.165) is 12.5 Å². The molecule has 0 radical (unpaired) electrons. The fraction of sp³-hybridized carbons (Fsp3) is 0.643. The van der Waals surface area contributed by atoms with Gasteiger partial charge in [0.15, 0.2) is 0 Å². The highest BCUT2D eigenvalue weighted by Crippen LogP contribution is 2.28. The summed E-state index contributed by atoms with van der Waals surface area (Å²) in [5.74, 6) is 0.795. The smallest absolute Gasteiger partial charge is 0.0397 e. The van der Waals surface area contributed by atoms with Crippen molar-refractivity contribution in [1.82, 2.24) is 9.88 Å². The summed E-state index contributed by atoms with van der Waals surface area (Å²) in [5, 5.41) is 0. The van der Waals surface area contributed by atoms with Crippen LogP contribution in [-0.2, 0) is 0 Å². The van der Waals surface area contributed by atoms with Crippen molar-refractivity contribution in [3.8, 4) is 0 Å². The number of hydrogen-bond acceptors (Lipinski definition) is 3. The topological polar surface area (TPSA) is 19.4 Å². The second kappa shape index (κ2) is 8.62. The maximum atomic E-state index is 4.09. The van der Waals surface area contributed by atoms with Gasteiger partial charge in [-0.25, -0.2) is 0 Å². The monoisotopic (exact) mass is 305 g/mol. The van der Waals surface area contributed by atoms with Crippen molar-refractivity contribution < 1.29 is 0 Å². The number of hydrogen-bond donors (Lipinski definition) is 0. The van der Waals surface area contributed by atoms with Gasteiger partial charge in [0.1, 0.15) is 0 Å². The van der Waals surface area contributed by atoms with Crippen molar-refractivity contribution >= 4 is 30.5 Å². The highest BCUT2D eigenvalue weighted by atomic mass is 35.5. The number of likely N-dealkylation sites (N-methyl/N-ethyl adjacent to an activating group) is 1. The minimum absolute atomic E-state index is 0. The molecular formula is C14H25Cl2N3. The molecule has 0 spiro atoms. The molecule has 0 saturated carbocycles. The third-order valence-electron chi connectivity index (χ3n) is 3.76. The summed E-state index contributed by atoms with van der Waals surface area (Å²) in [5.41, 5.74) is 1.31. The van der Waals surface area contributed by atoms with Crippen LogP contribution >= 0.6 is 24.8 Å². The predicted molar refractivity (Wildman–Crippen MR) is 86.8 cm³/mol. The Hall–Kier alpha value is -0.510. The van der Waals surface area contributed by atoms with Gasteiger partial charge in [0.05, 0.1) is 0 Å². The molecule has 1 aliphatic heterocycles. The fourth-order valence-corrected chi connectivity index (χ4v) is 2.86. The Morgan fingerprint density at radius 2 is 1.84 bits per heavy atom. The molecular weight excluding hydrogens is 281 g/mol. The zero-order chi connectivity index (χ0) is 12.3. The largest absolute Gasteiger partial charge is 0.370 e. The molecule has 0 bridgehead atoms. The Balaban J connectivity index is 0.00000162. The van der Waals surface area contributed by atoms with Crippen LogP contribution < -0.4 is 4.90 Å². The second-order valence-electron chi connectivity index (χ2n) is 5.19. The molecule has 0 aliphatic carbocycles. The molecule has 3 nitrogen and oxygen atoms in total. The Morgan fingerprint density at radius 1 is 1.21 bits per heavy atom. The molecule has 1 saturated heterocycles. The van der Waals surface area contributed by atoms with Crippen molar-refractivity contribution in [3.05, 3.63) is 24.5 Å². The average Bonchev–Trinajstić information content (AvgIpc) is 2.75. The van der Waals surface area contributed by atoms with E-state index in [-0.39, 0.29) is 24.8 Å². The summed E-state index contributed by atoms with van der Waals surface area (Å²) >= 11 is 0. The predicted octanol–water partition coefficient (Wildman–Crippen LogP) is 3.09.